The second-order valence-corrected chi connectivity index (χ2v) is 7.20. The number of fused-ring (bicyclic) bond motifs is 1. The first-order valence-corrected chi connectivity index (χ1v) is 9.22. The third kappa shape index (κ3) is 3.45. The lowest BCUT2D eigenvalue weighted by atomic mass is 10.1. The number of anilines is 1. The summed E-state index contributed by atoms with van der Waals surface area (Å²) in [5, 5.41) is 3.54. The van der Waals surface area contributed by atoms with Crippen molar-refractivity contribution in [2.24, 2.45) is 7.05 Å². The highest BCUT2D eigenvalue weighted by atomic mass is 35.5. The highest BCUT2D eigenvalue weighted by Gasteiger charge is 2.15. The molecule has 134 valence electrons. The molecular formula is C20H21ClN4O. The van der Waals surface area contributed by atoms with Crippen molar-refractivity contribution in [3.63, 3.8) is 0 Å². The fourth-order valence-electron chi connectivity index (χ4n) is 3.47. The Morgan fingerprint density at radius 3 is 2.81 bits per heavy atom. The molecule has 5 nitrogen and oxygen atoms in total. The van der Waals surface area contributed by atoms with Crippen LogP contribution < -0.4 is 5.32 Å². The molecule has 2 aromatic carbocycles. The van der Waals surface area contributed by atoms with E-state index in [9.17, 15) is 4.79 Å². The molecule has 2 heterocycles. The molecule has 0 unspecified atom stereocenters. The van der Waals surface area contributed by atoms with Crippen LogP contribution in [0, 0.1) is 0 Å². The van der Waals surface area contributed by atoms with Crippen LogP contribution in [0.2, 0.25) is 5.02 Å². The summed E-state index contributed by atoms with van der Waals surface area (Å²) in [6.07, 6.45) is 2.52. The van der Waals surface area contributed by atoms with Crippen molar-refractivity contribution in [1.29, 1.82) is 0 Å². The molecule has 1 N–H and O–H groups in total. The Hall–Kier alpha value is -2.37. The second-order valence-electron chi connectivity index (χ2n) is 6.77. The van der Waals surface area contributed by atoms with E-state index in [4.69, 9.17) is 11.6 Å². The molecule has 1 aliphatic rings. The maximum Gasteiger partial charge on any atom is 0.257 e. The maximum absolute atomic E-state index is 12.7. The van der Waals surface area contributed by atoms with E-state index in [1.54, 1.807) is 6.07 Å². The van der Waals surface area contributed by atoms with Gasteiger partial charge in [0.1, 0.15) is 0 Å². The molecule has 6 heteroatoms. The predicted molar refractivity (Wildman–Crippen MR) is 105 cm³/mol. The molecule has 1 fully saturated rings. The quantitative estimate of drug-likeness (QED) is 0.755. The fourth-order valence-corrected chi connectivity index (χ4v) is 3.63. The number of aromatic nitrogens is 2. The van der Waals surface area contributed by atoms with Crippen LogP contribution in [0.3, 0.4) is 0 Å². The van der Waals surface area contributed by atoms with Crippen molar-refractivity contribution < 1.29 is 4.79 Å². The number of imidazole rings is 1. The third-order valence-corrected chi connectivity index (χ3v) is 5.10. The zero-order valence-corrected chi connectivity index (χ0v) is 15.5. The molecule has 1 aromatic heterocycles. The summed E-state index contributed by atoms with van der Waals surface area (Å²) < 4.78 is 1.86. The summed E-state index contributed by atoms with van der Waals surface area (Å²) in [5.41, 5.74) is 3.49. The molecule has 1 aliphatic heterocycles. The van der Waals surface area contributed by atoms with Crippen LogP contribution in [0.25, 0.3) is 11.0 Å². The molecule has 0 saturated carbocycles. The van der Waals surface area contributed by atoms with Gasteiger partial charge in [0.2, 0.25) is 5.95 Å². The molecule has 1 amide bonds. The van der Waals surface area contributed by atoms with Crippen LogP contribution >= 0.6 is 11.6 Å². The number of rotatable bonds is 4. The Morgan fingerprint density at radius 1 is 1.19 bits per heavy atom. The minimum atomic E-state index is -0.155. The lowest BCUT2D eigenvalue weighted by Crippen LogP contribution is -2.19. The zero-order valence-electron chi connectivity index (χ0n) is 14.7. The Bertz CT molecular complexity index is 960. The first-order valence-electron chi connectivity index (χ1n) is 8.85. The lowest BCUT2D eigenvalue weighted by Gasteiger charge is -2.15. The van der Waals surface area contributed by atoms with Crippen LogP contribution in [-0.2, 0) is 13.6 Å². The van der Waals surface area contributed by atoms with Crippen LogP contribution in [-0.4, -0.2) is 33.4 Å². The number of carbonyl (C=O) groups excluding carboxylic acids is 1. The maximum atomic E-state index is 12.7. The van der Waals surface area contributed by atoms with Gasteiger partial charge in [0.05, 0.1) is 11.0 Å². The van der Waals surface area contributed by atoms with Crippen LogP contribution in [0.1, 0.15) is 28.8 Å². The van der Waals surface area contributed by atoms with Gasteiger partial charge >= 0.3 is 0 Å². The van der Waals surface area contributed by atoms with E-state index >= 15 is 0 Å². The molecule has 4 rings (SSSR count). The average Bonchev–Trinajstić information content (AvgIpc) is 3.23. The van der Waals surface area contributed by atoms with Crippen LogP contribution in [0.15, 0.2) is 42.5 Å². The van der Waals surface area contributed by atoms with E-state index in [1.807, 2.05) is 41.9 Å². The second kappa shape index (κ2) is 7.09. The van der Waals surface area contributed by atoms with Crippen molar-refractivity contribution in [2.45, 2.75) is 19.4 Å². The summed E-state index contributed by atoms with van der Waals surface area (Å²) >= 11 is 6.03. The Balaban J connectivity index is 1.53. The lowest BCUT2D eigenvalue weighted by molar-refractivity contribution is 0.102. The smallest absolute Gasteiger partial charge is 0.257 e. The molecule has 3 aromatic rings. The van der Waals surface area contributed by atoms with Crippen molar-refractivity contribution in [3.8, 4) is 0 Å². The van der Waals surface area contributed by atoms with Gasteiger partial charge in [0.15, 0.2) is 0 Å². The van der Waals surface area contributed by atoms with Crippen LogP contribution in [0.5, 0.6) is 0 Å². The number of hydrogen-bond acceptors (Lipinski definition) is 3. The molecular weight excluding hydrogens is 348 g/mol. The first kappa shape index (κ1) is 17.1. The van der Waals surface area contributed by atoms with Crippen molar-refractivity contribution in [3.05, 3.63) is 58.6 Å². The highest BCUT2D eigenvalue weighted by Crippen LogP contribution is 2.22. The summed E-state index contributed by atoms with van der Waals surface area (Å²) in [5.74, 6) is 0.356. The van der Waals surface area contributed by atoms with E-state index in [1.165, 1.54) is 12.8 Å². The van der Waals surface area contributed by atoms with Gasteiger partial charge in [-0.05, 0) is 61.8 Å². The number of benzene rings is 2. The van der Waals surface area contributed by atoms with E-state index in [-0.39, 0.29) is 5.91 Å². The number of carbonyl (C=O) groups is 1. The molecule has 26 heavy (non-hydrogen) atoms. The van der Waals surface area contributed by atoms with Crippen molar-refractivity contribution in [2.75, 3.05) is 18.4 Å². The van der Waals surface area contributed by atoms with Gasteiger partial charge in [-0.1, -0.05) is 23.7 Å². The topological polar surface area (TPSA) is 50.2 Å². The molecule has 1 saturated heterocycles. The van der Waals surface area contributed by atoms with Crippen LogP contribution in [0.4, 0.5) is 5.95 Å². The van der Waals surface area contributed by atoms with Crippen molar-refractivity contribution >= 4 is 34.5 Å². The predicted octanol–water partition coefficient (Wildman–Crippen LogP) is 4.07. The average molecular weight is 369 g/mol. The largest absolute Gasteiger partial charge is 0.313 e. The van der Waals surface area contributed by atoms with E-state index in [0.29, 0.717) is 16.5 Å². The molecule has 0 bridgehead atoms. The monoisotopic (exact) mass is 368 g/mol. The number of halogens is 1. The molecule has 0 aliphatic carbocycles. The number of hydrogen-bond donors (Lipinski definition) is 1. The zero-order chi connectivity index (χ0) is 18.1. The number of aryl methyl sites for hydroxylation is 1. The Morgan fingerprint density at radius 2 is 2.00 bits per heavy atom. The minimum absolute atomic E-state index is 0.155. The first-order chi connectivity index (χ1) is 12.6. The SMILES string of the molecule is Cn1c(NC(=O)c2cccc(CN3CCCC3)c2)nc2cc(Cl)ccc21. The van der Waals surface area contributed by atoms with E-state index in [0.717, 1.165) is 36.2 Å². The number of amides is 1. The van der Waals surface area contributed by atoms with Gasteiger partial charge in [0, 0.05) is 24.2 Å². The third-order valence-electron chi connectivity index (χ3n) is 4.86. The summed E-state index contributed by atoms with van der Waals surface area (Å²) in [6, 6.07) is 13.3. The van der Waals surface area contributed by atoms with Gasteiger partial charge in [0.25, 0.3) is 5.91 Å². The Labute approximate surface area is 157 Å². The minimum Gasteiger partial charge on any atom is -0.313 e. The summed E-state index contributed by atoms with van der Waals surface area (Å²) in [4.78, 5) is 19.6. The molecule has 0 radical (unpaired) electrons. The van der Waals surface area contributed by atoms with Gasteiger partial charge in [-0.25, -0.2) is 4.98 Å². The van der Waals surface area contributed by atoms with Gasteiger partial charge in [-0.3, -0.25) is 15.0 Å². The molecule has 0 spiro atoms. The van der Waals surface area contributed by atoms with Gasteiger partial charge in [-0.2, -0.15) is 0 Å². The highest BCUT2D eigenvalue weighted by molar-refractivity contribution is 6.31. The van der Waals surface area contributed by atoms with E-state index < -0.39 is 0 Å². The summed E-state index contributed by atoms with van der Waals surface area (Å²) in [6.45, 7) is 3.17. The van der Waals surface area contributed by atoms with Gasteiger partial charge in [-0.15, -0.1) is 0 Å². The Kier molecular flexibility index (Phi) is 4.66. The summed E-state index contributed by atoms with van der Waals surface area (Å²) in [7, 11) is 1.88. The van der Waals surface area contributed by atoms with Gasteiger partial charge < -0.3 is 4.57 Å². The standard InChI is InChI=1S/C20H21ClN4O/c1-24-18-8-7-16(21)12-17(18)22-20(24)23-19(26)15-6-4-5-14(11-15)13-25-9-2-3-10-25/h4-8,11-12H,2-3,9-10,13H2,1H3,(H,22,23,26). The van der Waals surface area contributed by atoms with Crippen molar-refractivity contribution in [1.82, 2.24) is 14.5 Å². The number of likely N-dealkylation sites (tertiary alicyclic amines) is 1. The molecule has 0 atom stereocenters. The number of nitrogens with zero attached hydrogens (tertiary/aromatic N) is 3. The van der Waals surface area contributed by atoms with E-state index in [2.05, 4.69) is 21.3 Å². The normalized spacial score (nSPS) is 14.8. The fraction of sp³-hybridized carbons (Fsp3) is 0.300. The number of nitrogens with one attached hydrogen (secondary N) is 1.